The van der Waals surface area contributed by atoms with Crippen LogP contribution in [0.2, 0.25) is 0 Å². The minimum Gasteiger partial charge on any atom is -0.321 e. The summed E-state index contributed by atoms with van der Waals surface area (Å²) in [6.07, 6.45) is 0. The van der Waals surface area contributed by atoms with Gasteiger partial charge >= 0.3 is 0 Å². The van der Waals surface area contributed by atoms with Crippen molar-refractivity contribution in [1.82, 2.24) is 9.78 Å². The molecule has 0 fully saturated rings. The molecule has 1 aliphatic heterocycles. The van der Waals surface area contributed by atoms with E-state index in [0.29, 0.717) is 0 Å². The summed E-state index contributed by atoms with van der Waals surface area (Å²) in [6.45, 7) is 6.48. The number of rotatable bonds is 2. The quantitative estimate of drug-likeness (QED) is 0.919. The average Bonchev–Trinajstić information content (AvgIpc) is 2.74. The minimum atomic E-state index is -0.419. The molecule has 0 aliphatic carbocycles. The van der Waals surface area contributed by atoms with Gasteiger partial charge in [-0.25, -0.2) is 0 Å². The lowest BCUT2D eigenvalue weighted by atomic mass is 10.1. The Balaban J connectivity index is 2.27. The van der Waals surface area contributed by atoms with Gasteiger partial charge in [0.15, 0.2) is 0 Å². The van der Waals surface area contributed by atoms with Crippen molar-refractivity contribution in [2.24, 2.45) is 4.99 Å². The van der Waals surface area contributed by atoms with Crippen LogP contribution in [0.3, 0.4) is 0 Å². The molecule has 1 aliphatic rings. The van der Waals surface area contributed by atoms with E-state index >= 15 is 0 Å². The van der Waals surface area contributed by atoms with Gasteiger partial charge < -0.3 is 5.32 Å². The van der Waals surface area contributed by atoms with Crippen LogP contribution in [-0.4, -0.2) is 27.4 Å². The topological polar surface area (TPSA) is 59.3 Å². The number of aliphatic imine (C=N–C) groups is 1. The first-order chi connectivity index (χ1) is 10.1. The number of nitrogens with one attached hydrogen (secondary N) is 1. The summed E-state index contributed by atoms with van der Waals surface area (Å²) >= 11 is 0. The fraction of sp³-hybridized carbons (Fsp3) is 0.312. The monoisotopic (exact) mass is 282 g/mol. The van der Waals surface area contributed by atoms with Crippen LogP contribution in [0, 0.1) is 6.92 Å². The SMILES string of the molecule is CCn1nc(C)c2c1C(c1ccccc1)=N[C@@H](C)C(=O)N2. The van der Waals surface area contributed by atoms with E-state index in [4.69, 9.17) is 0 Å². The number of nitrogens with zero attached hydrogens (tertiary/aromatic N) is 3. The Hall–Kier alpha value is -2.43. The number of aromatic nitrogens is 2. The highest BCUT2D eigenvalue weighted by atomic mass is 16.2. The Kier molecular flexibility index (Phi) is 3.33. The molecule has 1 aromatic carbocycles. The Morgan fingerprint density at radius 1 is 1.29 bits per heavy atom. The first kappa shape index (κ1) is 13.5. The summed E-state index contributed by atoms with van der Waals surface area (Å²) in [5.74, 6) is -0.0964. The maximum Gasteiger partial charge on any atom is 0.249 e. The summed E-state index contributed by atoms with van der Waals surface area (Å²) in [5, 5.41) is 7.47. The van der Waals surface area contributed by atoms with Crippen LogP contribution in [0.1, 0.15) is 30.8 Å². The average molecular weight is 282 g/mol. The highest BCUT2D eigenvalue weighted by Crippen LogP contribution is 2.27. The number of benzene rings is 1. The molecule has 2 heterocycles. The maximum absolute atomic E-state index is 12.1. The van der Waals surface area contributed by atoms with E-state index in [-0.39, 0.29) is 5.91 Å². The molecule has 0 bridgehead atoms. The van der Waals surface area contributed by atoms with Crippen molar-refractivity contribution in [1.29, 1.82) is 0 Å². The summed E-state index contributed by atoms with van der Waals surface area (Å²) in [7, 11) is 0. The second kappa shape index (κ2) is 5.16. The molecule has 0 saturated heterocycles. The van der Waals surface area contributed by atoms with Crippen molar-refractivity contribution >= 4 is 17.3 Å². The Bertz CT molecular complexity index is 715. The third kappa shape index (κ3) is 2.24. The third-order valence-electron chi connectivity index (χ3n) is 3.65. The van der Waals surface area contributed by atoms with E-state index in [1.54, 1.807) is 0 Å². The summed E-state index contributed by atoms with van der Waals surface area (Å²) in [5.41, 5.74) is 4.29. The molecule has 5 nitrogen and oxygen atoms in total. The van der Waals surface area contributed by atoms with Gasteiger partial charge in [-0.15, -0.1) is 0 Å². The highest BCUT2D eigenvalue weighted by Gasteiger charge is 2.28. The molecular weight excluding hydrogens is 264 g/mol. The highest BCUT2D eigenvalue weighted by molar-refractivity contribution is 6.19. The molecule has 0 radical (unpaired) electrons. The normalized spacial score (nSPS) is 17.8. The predicted octanol–water partition coefficient (Wildman–Crippen LogP) is 2.39. The molecule has 0 unspecified atom stereocenters. The maximum atomic E-state index is 12.1. The molecule has 1 amide bonds. The summed E-state index contributed by atoms with van der Waals surface area (Å²) in [6, 6.07) is 9.51. The second-order valence-electron chi connectivity index (χ2n) is 5.13. The van der Waals surface area contributed by atoms with Gasteiger partial charge in [-0.05, 0) is 20.8 Å². The second-order valence-corrected chi connectivity index (χ2v) is 5.13. The number of aryl methyl sites for hydroxylation is 2. The summed E-state index contributed by atoms with van der Waals surface area (Å²) < 4.78 is 1.90. The Labute approximate surface area is 123 Å². The lowest BCUT2D eigenvalue weighted by Gasteiger charge is -2.09. The van der Waals surface area contributed by atoms with Crippen LogP contribution in [-0.2, 0) is 11.3 Å². The van der Waals surface area contributed by atoms with Gasteiger partial charge in [0.05, 0.1) is 17.1 Å². The third-order valence-corrected chi connectivity index (χ3v) is 3.65. The number of carbonyl (C=O) groups excluding carboxylic acids is 1. The predicted molar refractivity (Wildman–Crippen MR) is 82.8 cm³/mol. The van der Waals surface area contributed by atoms with Crippen molar-refractivity contribution in [3.8, 4) is 0 Å². The molecule has 1 atom stereocenters. The standard InChI is InChI=1S/C16H18N4O/c1-4-20-15-13(10(2)19-20)18-16(21)11(3)17-14(15)12-8-6-5-7-9-12/h5-9,11H,4H2,1-3H3,(H,18,21)/t11-/m0/s1. The number of amides is 1. The fourth-order valence-electron chi connectivity index (χ4n) is 2.55. The van der Waals surface area contributed by atoms with Gasteiger partial charge in [-0.3, -0.25) is 14.5 Å². The van der Waals surface area contributed by atoms with Gasteiger partial charge in [0.2, 0.25) is 5.91 Å². The zero-order chi connectivity index (χ0) is 15.0. The van der Waals surface area contributed by atoms with Crippen molar-refractivity contribution in [2.45, 2.75) is 33.4 Å². The van der Waals surface area contributed by atoms with Crippen molar-refractivity contribution in [3.63, 3.8) is 0 Å². The summed E-state index contributed by atoms with van der Waals surface area (Å²) in [4.78, 5) is 16.8. The van der Waals surface area contributed by atoms with Crippen LogP contribution in [0.15, 0.2) is 35.3 Å². The van der Waals surface area contributed by atoms with E-state index < -0.39 is 6.04 Å². The van der Waals surface area contributed by atoms with Crippen LogP contribution in [0.25, 0.3) is 0 Å². The van der Waals surface area contributed by atoms with E-state index in [2.05, 4.69) is 15.4 Å². The Morgan fingerprint density at radius 2 is 2.00 bits per heavy atom. The van der Waals surface area contributed by atoms with Gasteiger partial charge in [0, 0.05) is 12.1 Å². The van der Waals surface area contributed by atoms with Crippen LogP contribution in [0.5, 0.6) is 0 Å². The van der Waals surface area contributed by atoms with E-state index in [1.165, 1.54) is 0 Å². The first-order valence-electron chi connectivity index (χ1n) is 7.13. The lowest BCUT2D eigenvalue weighted by Crippen LogP contribution is -2.22. The number of hydrogen-bond acceptors (Lipinski definition) is 3. The number of hydrogen-bond donors (Lipinski definition) is 1. The fourth-order valence-corrected chi connectivity index (χ4v) is 2.55. The van der Waals surface area contributed by atoms with Gasteiger partial charge in [0.25, 0.3) is 0 Å². The van der Waals surface area contributed by atoms with E-state index in [1.807, 2.05) is 55.8 Å². The van der Waals surface area contributed by atoms with Crippen LogP contribution < -0.4 is 5.32 Å². The molecular formula is C16H18N4O. The molecule has 0 saturated carbocycles. The zero-order valence-corrected chi connectivity index (χ0v) is 12.4. The molecule has 2 aromatic rings. The van der Waals surface area contributed by atoms with E-state index in [0.717, 1.165) is 34.9 Å². The molecule has 3 rings (SSSR count). The molecule has 5 heteroatoms. The minimum absolute atomic E-state index is 0.0964. The van der Waals surface area contributed by atoms with Gasteiger partial charge in [-0.2, -0.15) is 5.10 Å². The van der Waals surface area contributed by atoms with Crippen molar-refractivity contribution in [3.05, 3.63) is 47.3 Å². The molecule has 1 aromatic heterocycles. The largest absolute Gasteiger partial charge is 0.321 e. The van der Waals surface area contributed by atoms with Crippen molar-refractivity contribution in [2.75, 3.05) is 5.32 Å². The van der Waals surface area contributed by atoms with E-state index in [9.17, 15) is 4.79 Å². The number of fused-ring (bicyclic) bond motifs is 1. The molecule has 1 N–H and O–H groups in total. The molecule has 0 spiro atoms. The Morgan fingerprint density at radius 3 is 2.67 bits per heavy atom. The van der Waals surface area contributed by atoms with Crippen LogP contribution >= 0.6 is 0 Å². The number of anilines is 1. The smallest absolute Gasteiger partial charge is 0.249 e. The van der Waals surface area contributed by atoms with Gasteiger partial charge in [-0.1, -0.05) is 30.3 Å². The lowest BCUT2D eigenvalue weighted by molar-refractivity contribution is -0.116. The number of carbonyl (C=O) groups is 1. The van der Waals surface area contributed by atoms with Gasteiger partial charge in [0.1, 0.15) is 11.7 Å². The first-order valence-corrected chi connectivity index (χ1v) is 7.13. The molecule has 108 valence electrons. The van der Waals surface area contributed by atoms with Crippen molar-refractivity contribution < 1.29 is 4.79 Å². The van der Waals surface area contributed by atoms with Crippen LogP contribution in [0.4, 0.5) is 5.69 Å². The zero-order valence-electron chi connectivity index (χ0n) is 12.4. The molecule has 21 heavy (non-hydrogen) atoms.